The summed E-state index contributed by atoms with van der Waals surface area (Å²) in [4.78, 5) is 24.4. The lowest BCUT2D eigenvalue weighted by molar-refractivity contribution is -0.122. The van der Waals surface area contributed by atoms with E-state index in [1.807, 2.05) is 19.1 Å². The van der Waals surface area contributed by atoms with E-state index < -0.39 is 5.97 Å². The molecule has 0 aromatic heterocycles. The minimum atomic E-state index is -0.464. The van der Waals surface area contributed by atoms with Crippen LogP contribution >= 0.6 is 22.6 Å². The molecule has 1 amide bonds. The van der Waals surface area contributed by atoms with Crippen LogP contribution in [-0.4, -0.2) is 37.3 Å². The minimum Gasteiger partial charge on any atom is -0.493 e. The fraction of sp³-hybridized carbons (Fsp3) is 0.250. The first kappa shape index (κ1) is 21.2. The van der Waals surface area contributed by atoms with Crippen LogP contribution in [0, 0.1) is 3.57 Å². The van der Waals surface area contributed by atoms with Crippen molar-refractivity contribution in [1.82, 2.24) is 16.3 Å². The fourth-order valence-corrected chi connectivity index (χ4v) is 3.37. The molecule has 0 aliphatic carbocycles. The number of benzene rings is 2. The number of hydrogen-bond donors (Lipinski definition) is 3. The number of halogens is 1. The Bertz CT molecular complexity index is 934. The fourth-order valence-electron chi connectivity index (χ4n) is 2.77. The maximum absolute atomic E-state index is 12.4. The van der Waals surface area contributed by atoms with Crippen molar-refractivity contribution >= 4 is 40.7 Å². The number of ether oxygens (including phenoxy) is 2. The van der Waals surface area contributed by atoms with E-state index in [2.05, 4.69) is 44.0 Å². The van der Waals surface area contributed by atoms with E-state index in [-0.39, 0.29) is 18.0 Å². The van der Waals surface area contributed by atoms with Crippen molar-refractivity contribution in [2.45, 2.75) is 25.4 Å². The zero-order valence-corrected chi connectivity index (χ0v) is 18.1. The highest BCUT2D eigenvalue weighted by molar-refractivity contribution is 14.1. The summed E-state index contributed by atoms with van der Waals surface area (Å²) in [5.74, 6) is 0.00516. The summed E-state index contributed by atoms with van der Waals surface area (Å²) in [6.45, 7) is 1.99. The summed E-state index contributed by atoms with van der Waals surface area (Å²) in [6, 6.07) is 12.1. The lowest BCUT2D eigenvalue weighted by Crippen LogP contribution is -2.41. The van der Waals surface area contributed by atoms with Gasteiger partial charge in [0.05, 0.1) is 18.9 Å². The van der Waals surface area contributed by atoms with Crippen LogP contribution in [0.15, 0.2) is 47.6 Å². The van der Waals surface area contributed by atoms with Crippen molar-refractivity contribution in [2.75, 3.05) is 7.11 Å². The minimum absolute atomic E-state index is 0.215. The third-order valence-electron chi connectivity index (χ3n) is 4.28. The van der Waals surface area contributed by atoms with Crippen molar-refractivity contribution in [1.29, 1.82) is 0 Å². The summed E-state index contributed by atoms with van der Waals surface area (Å²) in [5.41, 5.74) is 9.57. The van der Waals surface area contributed by atoms with Crippen LogP contribution in [0.5, 0.6) is 11.5 Å². The van der Waals surface area contributed by atoms with Gasteiger partial charge < -0.3 is 9.47 Å². The summed E-state index contributed by atoms with van der Waals surface area (Å²) in [6.07, 6.45) is 2.19. The highest BCUT2D eigenvalue weighted by atomic mass is 127. The van der Waals surface area contributed by atoms with Gasteiger partial charge in [-0.2, -0.15) is 5.10 Å². The molecular formula is C20H21IN4O4. The van der Waals surface area contributed by atoms with E-state index in [0.717, 1.165) is 3.57 Å². The van der Waals surface area contributed by atoms with Crippen LogP contribution in [0.1, 0.15) is 29.3 Å². The van der Waals surface area contributed by atoms with Crippen molar-refractivity contribution in [3.05, 3.63) is 57.2 Å². The predicted octanol–water partition coefficient (Wildman–Crippen LogP) is 2.22. The van der Waals surface area contributed by atoms with E-state index in [4.69, 9.17) is 9.47 Å². The number of rotatable bonds is 6. The molecule has 1 saturated heterocycles. The zero-order valence-electron chi connectivity index (χ0n) is 15.9. The molecule has 2 atom stereocenters. The zero-order chi connectivity index (χ0) is 20.8. The first-order valence-electron chi connectivity index (χ1n) is 8.96. The topological polar surface area (TPSA) is 101 Å². The molecule has 1 fully saturated rings. The molecule has 0 radical (unpaired) electrons. The molecule has 29 heavy (non-hydrogen) atoms. The molecule has 152 valence electrons. The molecule has 2 unspecified atom stereocenters. The molecule has 0 bridgehead atoms. The van der Waals surface area contributed by atoms with Crippen molar-refractivity contribution in [2.24, 2.45) is 5.10 Å². The highest BCUT2D eigenvalue weighted by Gasteiger charge is 2.26. The van der Waals surface area contributed by atoms with Crippen LogP contribution < -0.4 is 25.8 Å². The Kier molecular flexibility index (Phi) is 7.18. The standard InChI is InChI=1S/C20H21IN4O4/c1-12-9-16(24-23-12)19(26)25-22-11-13-7-8-17(18(10-13)28-2)29-20(27)14-5-3-4-6-15(14)21/h3-8,10-12,16,23-24H,9H2,1-2H3,(H,25,26)/b22-11+. The third kappa shape index (κ3) is 5.52. The van der Waals surface area contributed by atoms with Gasteiger partial charge in [-0.05, 0) is 71.8 Å². The van der Waals surface area contributed by atoms with E-state index in [0.29, 0.717) is 29.0 Å². The van der Waals surface area contributed by atoms with Gasteiger partial charge in [0.25, 0.3) is 5.91 Å². The number of hydrazone groups is 1. The average molecular weight is 508 g/mol. The maximum Gasteiger partial charge on any atom is 0.344 e. The summed E-state index contributed by atoms with van der Waals surface area (Å²) >= 11 is 2.08. The van der Waals surface area contributed by atoms with Crippen LogP contribution in [0.2, 0.25) is 0 Å². The quantitative estimate of drug-likeness (QED) is 0.182. The van der Waals surface area contributed by atoms with Crippen LogP contribution in [0.4, 0.5) is 0 Å². The maximum atomic E-state index is 12.4. The molecule has 0 saturated carbocycles. The van der Waals surface area contributed by atoms with E-state index in [1.165, 1.54) is 13.3 Å². The van der Waals surface area contributed by atoms with Gasteiger partial charge in [0.1, 0.15) is 6.04 Å². The first-order valence-corrected chi connectivity index (χ1v) is 10.0. The first-order chi connectivity index (χ1) is 14.0. The number of hydrogen-bond acceptors (Lipinski definition) is 7. The number of nitrogens with zero attached hydrogens (tertiary/aromatic N) is 1. The number of carbonyl (C=O) groups excluding carboxylic acids is 2. The summed E-state index contributed by atoms with van der Waals surface area (Å²) < 4.78 is 11.6. The van der Waals surface area contributed by atoms with E-state index >= 15 is 0 Å². The lowest BCUT2D eigenvalue weighted by atomic mass is 10.1. The lowest BCUT2D eigenvalue weighted by Gasteiger charge is -2.10. The van der Waals surface area contributed by atoms with Crippen LogP contribution in [-0.2, 0) is 4.79 Å². The largest absolute Gasteiger partial charge is 0.493 e. The van der Waals surface area contributed by atoms with Crippen LogP contribution in [0.3, 0.4) is 0 Å². The smallest absolute Gasteiger partial charge is 0.344 e. The second kappa shape index (κ2) is 9.81. The van der Waals surface area contributed by atoms with Gasteiger partial charge in [0, 0.05) is 9.61 Å². The SMILES string of the molecule is COc1cc(/C=N/NC(=O)C2CC(C)NN2)ccc1OC(=O)c1ccccc1I. The molecule has 9 heteroatoms. The van der Waals surface area contributed by atoms with E-state index in [1.54, 1.807) is 30.3 Å². The number of carbonyl (C=O) groups is 2. The molecule has 2 aromatic rings. The molecule has 1 heterocycles. The van der Waals surface area contributed by atoms with Crippen LogP contribution in [0.25, 0.3) is 0 Å². The molecule has 1 aliphatic heterocycles. The Morgan fingerprint density at radius 1 is 1.21 bits per heavy atom. The number of nitrogens with one attached hydrogen (secondary N) is 3. The van der Waals surface area contributed by atoms with Crippen molar-refractivity contribution in [3.63, 3.8) is 0 Å². The Morgan fingerprint density at radius 2 is 2.00 bits per heavy atom. The van der Waals surface area contributed by atoms with Gasteiger partial charge >= 0.3 is 5.97 Å². The average Bonchev–Trinajstić information content (AvgIpc) is 3.15. The van der Waals surface area contributed by atoms with Crippen molar-refractivity contribution in [3.8, 4) is 11.5 Å². The number of esters is 1. The predicted molar refractivity (Wildman–Crippen MR) is 117 cm³/mol. The van der Waals surface area contributed by atoms with Gasteiger partial charge in [-0.25, -0.2) is 15.6 Å². The summed E-state index contributed by atoms with van der Waals surface area (Å²) in [7, 11) is 1.49. The molecule has 8 nitrogen and oxygen atoms in total. The van der Waals surface area contributed by atoms with E-state index in [9.17, 15) is 9.59 Å². The molecule has 3 N–H and O–H groups in total. The molecule has 3 rings (SSSR count). The summed E-state index contributed by atoms with van der Waals surface area (Å²) in [5, 5.41) is 3.98. The Morgan fingerprint density at radius 3 is 2.69 bits per heavy atom. The molecule has 1 aliphatic rings. The third-order valence-corrected chi connectivity index (χ3v) is 5.22. The highest BCUT2D eigenvalue weighted by Crippen LogP contribution is 2.28. The second-order valence-electron chi connectivity index (χ2n) is 6.49. The Hall–Kier alpha value is -2.50. The number of amides is 1. The Labute approximate surface area is 182 Å². The monoisotopic (exact) mass is 508 g/mol. The van der Waals surface area contributed by atoms with Gasteiger partial charge in [-0.3, -0.25) is 10.2 Å². The number of hydrazine groups is 1. The Balaban J connectivity index is 1.64. The van der Waals surface area contributed by atoms with Crippen molar-refractivity contribution < 1.29 is 19.1 Å². The number of methoxy groups -OCH3 is 1. The van der Waals surface area contributed by atoms with Gasteiger partial charge in [-0.15, -0.1) is 0 Å². The molecular weight excluding hydrogens is 487 g/mol. The van der Waals surface area contributed by atoms with Gasteiger partial charge in [0.2, 0.25) is 0 Å². The van der Waals surface area contributed by atoms with Gasteiger partial charge in [-0.1, -0.05) is 12.1 Å². The van der Waals surface area contributed by atoms with Gasteiger partial charge in [0.15, 0.2) is 11.5 Å². The molecule has 0 spiro atoms. The molecule has 2 aromatic carbocycles. The second-order valence-corrected chi connectivity index (χ2v) is 7.65. The normalized spacial score (nSPS) is 18.6.